The molecule has 0 spiro atoms. The van der Waals surface area contributed by atoms with Crippen LogP contribution in [-0.2, 0) is 6.42 Å². The molecule has 0 aliphatic carbocycles. The first-order valence-corrected chi connectivity index (χ1v) is 7.41. The molecule has 0 N–H and O–H groups in total. The third-order valence-electron chi connectivity index (χ3n) is 2.82. The monoisotopic (exact) mass is 400 g/mol. The van der Waals surface area contributed by atoms with E-state index in [0.29, 0.717) is 10.2 Å². The van der Waals surface area contributed by atoms with Gasteiger partial charge in [-0.25, -0.2) is 4.39 Å². The number of rotatable bonds is 4. The summed E-state index contributed by atoms with van der Waals surface area (Å²) in [6.45, 7) is 0. The van der Waals surface area contributed by atoms with Gasteiger partial charge in [0.1, 0.15) is 11.6 Å². The molecule has 0 fully saturated rings. The highest BCUT2D eigenvalue weighted by Gasteiger charge is 2.16. The highest BCUT2D eigenvalue weighted by atomic mass is 79.9. The smallest absolute Gasteiger partial charge is 0.171 e. The van der Waals surface area contributed by atoms with E-state index >= 15 is 0 Å². The number of ketones is 1. The Balaban J connectivity index is 2.26. The first-order chi connectivity index (χ1) is 9.52. The van der Waals surface area contributed by atoms with Crippen LogP contribution in [0.25, 0.3) is 0 Å². The number of ether oxygens (including phenoxy) is 1. The van der Waals surface area contributed by atoms with Crippen LogP contribution in [0.5, 0.6) is 5.75 Å². The van der Waals surface area contributed by atoms with Gasteiger partial charge in [-0.2, -0.15) is 0 Å². The van der Waals surface area contributed by atoms with E-state index in [0.717, 1.165) is 10.0 Å². The number of methoxy groups -OCH3 is 1. The number of carbonyl (C=O) groups is 1. The minimum Gasteiger partial charge on any atom is -0.496 e. The molecule has 0 unspecified atom stereocenters. The first-order valence-electron chi connectivity index (χ1n) is 5.82. The van der Waals surface area contributed by atoms with E-state index in [1.807, 2.05) is 0 Å². The van der Waals surface area contributed by atoms with Crippen LogP contribution >= 0.6 is 31.9 Å². The van der Waals surface area contributed by atoms with Gasteiger partial charge >= 0.3 is 0 Å². The lowest BCUT2D eigenvalue weighted by atomic mass is 10.0. The molecule has 104 valence electrons. The zero-order valence-electron chi connectivity index (χ0n) is 10.6. The van der Waals surface area contributed by atoms with Crippen molar-refractivity contribution in [1.29, 1.82) is 0 Å². The van der Waals surface area contributed by atoms with Gasteiger partial charge in [0, 0.05) is 10.9 Å². The van der Waals surface area contributed by atoms with Crippen LogP contribution in [0.2, 0.25) is 0 Å². The molecule has 0 radical (unpaired) electrons. The van der Waals surface area contributed by atoms with Gasteiger partial charge in [0.2, 0.25) is 0 Å². The van der Waals surface area contributed by atoms with Crippen LogP contribution in [0.4, 0.5) is 4.39 Å². The molecule has 0 atom stereocenters. The molecular weight excluding hydrogens is 391 g/mol. The van der Waals surface area contributed by atoms with Crippen molar-refractivity contribution in [3.05, 3.63) is 62.3 Å². The average molecular weight is 402 g/mol. The zero-order valence-corrected chi connectivity index (χ0v) is 13.8. The second-order valence-electron chi connectivity index (χ2n) is 4.17. The maximum Gasteiger partial charge on any atom is 0.171 e. The Morgan fingerprint density at radius 3 is 2.55 bits per heavy atom. The Morgan fingerprint density at radius 2 is 1.95 bits per heavy atom. The first kappa shape index (κ1) is 15.2. The Kier molecular flexibility index (Phi) is 4.94. The molecular formula is C15H11Br2FO2. The van der Waals surface area contributed by atoms with Crippen molar-refractivity contribution in [3.63, 3.8) is 0 Å². The van der Waals surface area contributed by atoms with Crippen LogP contribution in [-0.4, -0.2) is 12.9 Å². The highest BCUT2D eigenvalue weighted by molar-refractivity contribution is 9.10. The number of hydrogen-bond acceptors (Lipinski definition) is 2. The Hall–Kier alpha value is -1.20. The molecule has 2 rings (SSSR count). The number of Topliss-reactive ketones (excluding diaryl/α,β-unsaturated/α-hetero) is 1. The molecule has 2 nitrogen and oxygen atoms in total. The Morgan fingerprint density at radius 1 is 1.20 bits per heavy atom. The molecule has 2 aromatic carbocycles. The van der Waals surface area contributed by atoms with E-state index in [1.165, 1.54) is 6.07 Å². The van der Waals surface area contributed by atoms with Crippen LogP contribution in [0.3, 0.4) is 0 Å². The molecule has 0 heterocycles. The van der Waals surface area contributed by atoms with Gasteiger partial charge in [0.05, 0.1) is 17.1 Å². The summed E-state index contributed by atoms with van der Waals surface area (Å²) in [5.41, 5.74) is 0.872. The molecule has 0 aliphatic rings. The fourth-order valence-corrected chi connectivity index (χ4v) is 3.01. The van der Waals surface area contributed by atoms with Crippen molar-refractivity contribution < 1.29 is 13.9 Å². The summed E-state index contributed by atoms with van der Waals surface area (Å²) in [5, 5.41) is 0. The van der Waals surface area contributed by atoms with Gasteiger partial charge in [0.15, 0.2) is 5.78 Å². The van der Waals surface area contributed by atoms with Gasteiger partial charge in [-0.05, 0) is 61.7 Å². The molecule has 20 heavy (non-hydrogen) atoms. The maximum absolute atomic E-state index is 13.7. The molecule has 0 saturated heterocycles. The van der Waals surface area contributed by atoms with E-state index in [4.69, 9.17) is 4.74 Å². The molecule has 0 amide bonds. The van der Waals surface area contributed by atoms with Crippen LogP contribution in [0.1, 0.15) is 15.9 Å². The van der Waals surface area contributed by atoms with Crippen molar-refractivity contribution in [1.82, 2.24) is 0 Å². The largest absolute Gasteiger partial charge is 0.496 e. The maximum atomic E-state index is 13.7. The highest BCUT2D eigenvalue weighted by Crippen LogP contribution is 2.27. The van der Waals surface area contributed by atoms with Crippen LogP contribution in [0.15, 0.2) is 45.3 Å². The molecule has 2 aromatic rings. The zero-order chi connectivity index (χ0) is 14.7. The van der Waals surface area contributed by atoms with E-state index in [-0.39, 0.29) is 17.8 Å². The fraction of sp³-hybridized carbons (Fsp3) is 0.133. The fourth-order valence-electron chi connectivity index (χ4n) is 1.86. The van der Waals surface area contributed by atoms with Gasteiger partial charge in [-0.3, -0.25) is 4.79 Å². The summed E-state index contributed by atoms with van der Waals surface area (Å²) in [6.07, 6.45) is 0.127. The minimum atomic E-state index is -0.517. The predicted molar refractivity (Wildman–Crippen MR) is 82.8 cm³/mol. The molecule has 0 aliphatic heterocycles. The quantitative estimate of drug-likeness (QED) is 0.688. The summed E-state index contributed by atoms with van der Waals surface area (Å²) < 4.78 is 20.1. The third-order valence-corrected chi connectivity index (χ3v) is 4.10. The summed E-state index contributed by atoms with van der Waals surface area (Å²) in [7, 11) is 1.57. The van der Waals surface area contributed by atoms with Crippen molar-refractivity contribution in [2.45, 2.75) is 6.42 Å². The van der Waals surface area contributed by atoms with Gasteiger partial charge in [0.25, 0.3) is 0 Å². The lowest BCUT2D eigenvalue weighted by Crippen LogP contribution is -2.07. The average Bonchev–Trinajstić information content (AvgIpc) is 2.38. The van der Waals surface area contributed by atoms with Gasteiger partial charge in [-0.15, -0.1) is 0 Å². The number of benzene rings is 2. The number of halogens is 3. The Bertz CT molecular complexity index is 636. The van der Waals surface area contributed by atoms with Gasteiger partial charge in [-0.1, -0.05) is 12.1 Å². The minimum absolute atomic E-state index is 0.0828. The molecule has 0 bridgehead atoms. The SMILES string of the molecule is COc1ccc(CC(=O)c2c(F)cccc2Br)cc1Br. The lowest BCUT2D eigenvalue weighted by Gasteiger charge is -2.08. The summed E-state index contributed by atoms with van der Waals surface area (Å²) in [5.74, 6) is -0.0998. The van der Waals surface area contributed by atoms with Crippen molar-refractivity contribution >= 4 is 37.6 Å². The third kappa shape index (κ3) is 3.27. The number of hydrogen-bond donors (Lipinski definition) is 0. The van der Waals surface area contributed by atoms with Crippen LogP contribution < -0.4 is 4.74 Å². The normalized spacial score (nSPS) is 10.4. The van der Waals surface area contributed by atoms with Gasteiger partial charge < -0.3 is 4.74 Å². The molecule has 5 heteroatoms. The van der Waals surface area contributed by atoms with Crippen molar-refractivity contribution in [2.24, 2.45) is 0 Å². The van der Waals surface area contributed by atoms with Crippen molar-refractivity contribution in [3.8, 4) is 5.75 Å². The molecule has 0 aromatic heterocycles. The standard InChI is InChI=1S/C15H11Br2FO2/c1-20-14-6-5-9(7-11(14)17)8-13(19)15-10(16)3-2-4-12(15)18/h2-7H,8H2,1H3. The van der Waals surface area contributed by atoms with E-state index < -0.39 is 5.82 Å². The molecule has 0 saturated carbocycles. The van der Waals surface area contributed by atoms with E-state index in [9.17, 15) is 9.18 Å². The summed E-state index contributed by atoms with van der Waals surface area (Å²) in [4.78, 5) is 12.2. The topological polar surface area (TPSA) is 26.3 Å². The Labute approximate surface area is 133 Å². The second-order valence-corrected chi connectivity index (χ2v) is 5.87. The van der Waals surface area contributed by atoms with Crippen LogP contribution in [0, 0.1) is 5.82 Å². The summed E-state index contributed by atoms with van der Waals surface area (Å²) in [6, 6.07) is 9.84. The lowest BCUT2D eigenvalue weighted by molar-refractivity contribution is 0.0988. The summed E-state index contributed by atoms with van der Waals surface area (Å²) >= 11 is 6.57. The van der Waals surface area contributed by atoms with E-state index in [2.05, 4.69) is 31.9 Å². The number of carbonyl (C=O) groups excluding carboxylic acids is 1. The van der Waals surface area contributed by atoms with Crippen molar-refractivity contribution in [2.75, 3.05) is 7.11 Å². The predicted octanol–water partition coefficient (Wildman–Crippen LogP) is 4.78. The van der Waals surface area contributed by atoms with E-state index in [1.54, 1.807) is 37.4 Å². The second kappa shape index (κ2) is 6.50.